The summed E-state index contributed by atoms with van der Waals surface area (Å²) in [6, 6.07) is 76.2. The number of allylic oxidation sites excluding steroid dienone is 3. The molecule has 2 aliphatic heterocycles. The minimum absolute atomic E-state index is 0.0146. The van der Waals surface area contributed by atoms with Crippen molar-refractivity contribution in [2.45, 2.75) is 206 Å². The quantitative estimate of drug-likeness (QED) is 0.00725. The third kappa shape index (κ3) is 31.4. The van der Waals surface area contributed by atoms with E-state index in [9.17, 15) is 105 Å². The Labute approximate surface area is 827 Å². The van der Waals surface area contributed by atoms with Crippen LogP contribution in [-0.4, -0.2) is 146 Å². The van der Waals surface area contributed by atoms with Gasteiger partial charge in [-0.3, -0.25) is 14.4 Å². The van der Waals surface area contributed by atoms with Crippen molar-refractivity contribution in [3.63, 3.8) is 0 Å². The number of aliphatic hydroxyl groups excluding tert-OH is 1. The van der Waals surface area contributed by atoms with E-state index in [0.29, 0.717) is 76.4 Å². The molecule has 0 bridgehead atoms. The highest BCUT2D eigenvalue weighted by Gasteiger charge is 2.82. The Morgan fingerprint density at radius 3 is 1.38 bits per heavy atom. The Kier molecular flexibility index (Phi) is 41.8. The first-order valence-electron chi connectivity index (χ1n) is 44.5. The van der Waals surface area contributed by atoms with E-state index in [0.717, 1.165) is 49.5 Å². The van der Waals surface area contributed by atoms with Gasteiger partial charge in [-0.15, -0.1) is 0 Å². The number of carbonyl (C=O) groups excluding carboxylic acids is 3. The van der Waals surface area contributed by atoms with Crippen LogP contribution in [0, 0.1) is 16.2 Å². The molecule has 2 heterocycles. The number of carbonyl (C=O) groups is 3. The van der Waals surface area contributed by atoms with E-state index >= 15 is 0 Å². The number of benzene rings is 10. The molecule has 0 amide bonds. The van der Waals surface area contributed by atoms with Crippen LogP contribution in [0.2, 0.25) is 0 Å². The molecule has 1 aliphatic carbocycles. The van der Waals surface area contributed by atoms with Crippen LogP contribution in [0.4, 0.5) is 39.5 Å². The van der Waals surface area contributed by atoms with Crippen LogP contribution >= 0.6 is 0 Å². The number of halogens is 9. The van der Waals surface area contributed by atoms with Crippen molar-refractivity contribution < 1.29 is 138 Å². The first-order chi connectivity index (χ1) is 66.2. The van der Waals surface area contributed by atoms with Gasteiger partial charge in [0.25, 0.3) is 0 Å². The molecule has 23 nitrogen and oxygen atoms in total. The predicted molar refractivity (Wildman–Crippen MR) is 523 cm³/mol. The first kappa shape index (κ1) is 116. The number of ether oxygens (including phenoxy) is 5. The molecule has 764 valence electrons. The Morgan fingerprint density at radius 1 is 0.447 bits per heavy atom. The van der Waals surface area contributed by atoms with Crippen LogP contribution < -0.4 is 18.4 Å². The van der Waals surface area contributed by atoms with E-state index in [1.807, 2.05) is 27.7 Å². The van der Waals surface area contributed by atoms with Crippen molar-refractivity contribution >= 4 is 112 Å². The van der Waals surface area contributed by atoms with Gasteiger partial charge in [0.2, 0.25) is 0 Å². The van der Waals surface area contributed by atoms with Crippen LogP contribution in [-0.2, 0) is 120 Å². The normalized spacial score (nSPS) is 15.2. The highest BCUT2D eigenvalue weighted by atomic mass is 32.3. The Bertz CT molecular complexity index is 6360. The van der Waals surface area contributed by atoms with E-state index < -0.39 is 106 Å². The third-order valence-corrected chi connectivity index (χ3v) is 35.9. The fraction of sp³-hybridized carbons (Fsp3) is 0.356. The van der Waals surface area contributed by atoms with E-state index in [4.69, 9.17) is 28.8 Å². The molecule has 3 atom stereocenters. The molecular formula is C101H112F9NO22S8. The lowest BCUT2D eigenvalue weighted by molar-refractivity contribution is -0.245. The molecule has 141 heavy (non-hydrogen) atoms. The predicted octanol–water partition coefficient (Wildman–Crippen LogP) is 22.0. The maximum atomic E-state index is 14.1. The zero-order valence-electron chi connectivity index (χ0n) is 78.8. The minimum atomic E-state index is -8.01. The van der Waals surface area contributed by atoms with E-state index in [-0.39, 0.29) is 75.1 Å². The Hall–Kier alpha value is -10.2. The average Bonchev–Trinajstić information content (AvgIpc) is 1.39. The van der Waals surface area contributed by atoms with Gasteiger partial charge in [-0.05, 0) is 237 Å². The smallest absolute Gasteiger partial charge is 0.480 e. The number of hydrogen-bond acceptors (Lipinski definition) is 22. The summed E-state index contributed by atoms with van der Waals surface area (Å²) in [4.78, 5) is 43.2. The molecule has 1 saturated heterocycles. The van der Waals surface area contributed by atoms with Crippen molar-refractivity contribution in [3.8, 4) is 23.0 Å². The summed E-state index contributed by atoms with van der Waals surface area (Å²) in [5, 5.41) is -2.39. The van der Waals surface area contributed by atoms with Gasteiger partial charge in [0.1, 0.15) is 54.7 Å². The minimum Gasteiger partial charge on any atom is -0.744 e. The molecule has 40 heteroatoms. The van der Waals surface area contributed by atoms with Gasteiger partial charge in [0.15, 0.2) is 54.7 Å². The fourth-order valence-corrected chi connectivity index (χ4v) is 24.5. The van der Waals surface area contributed by atoms with Crippen molar-refractivity contribution in [3.05, 3.63) is 294 Å². The molecular weight excluding hydrogens is 2010 g/mol. The number of esters is 3. The van der Waals surface area contributed by atoms with Crippen LogP contribution in [0.15, 0.2) is 312 Å². The highest BCUT2D eigenvalue weighted by Crippen LogP contribution is 2.54. The maximum absolute atomic E-state index is 14.1. The number of alkyl halides is 9. The summed E-state index contributed by atoms with van der Waals surface area (Å²) in [6.45, 7) is 19.5. The third-order valence-electron chi connectivity index (χ3n) is 22.5. The Balaban J connectivity index is 0.000000212. The van der Waals surface area contributed by atoms with Gasteiger partial charge in [0, 0.05) is 46.7 Å². The van der Waals surface area contributed by atoms with Gasteiger partial charge in [-0.1, -0.05) is 168 Å². The molecule has 0 radical (unpaired) electrons. The van der Waals surface area contributed by atoms with Crippen LogP contribution in [0.3, 0.4) is 0 Å². The molecule has 0 saturated carbocycles. The second kappa shape index (κ2) is 50.8. The molecule has 10 aromatic rings. The van der Waals surface area contributed by atoms with Crippen molar-refractivity contribution in [1.29, 1.82) is 0 Å². The zero-order chi connectivity index (χ0) is 104. The number of unbranched alkanes of at least 4 members (excludes halogenated alkanes) is 1. The number of sulfonamides is 2. The summed E-state index contributed by atoms with van der Waals surface area (Å²) in [5.74, 6) is -5.03. The summed E-state index contributed by atoms with van der Waals surface area (Å²) < 4.78 is 284. The van der Waals surface area contributed by atoms with Crippen LogP contribution in [0.5, 0.6) is 23.0 Å². The van der Waals surface area contributed by atoms with Gasteiger partial charge >= 0.3 is 50.0 Å². The SMILES string of the molecule is CCC(C)(C)C(=O)OCCCOc1ccc(S(=O)(=O)[O-])cc1.CCC(C)(C)C(=O)OCCc1ccc(OS(=O)(=O)C(F)(F)C(F)(F)C(F)(F)S(=O)(=O)[N-]S(=O)(=O)C(F)(F)F)cc1.CCC(C)(C)C(=O)Oc1ccc(S(=O)(=O)[O-])cc1.CCCCOc1ccc([S+]2CCCC2)c2ccccc12.OCCc1ccc([S+]2c3ccccc3C3C=CC=CC32)cc1.c1ccc([S+](c2ccccc2)c2ccccc2)cc1. The van der Waals surface area contributed by atoms with Crippen molar-refractivity contribution in [1.82, 2.24) is 0 Å². The summed E-state index contributed by atoms with van der Waals surface area (Å²) in [5.41, 5.74) is -5.70. The van der Waals surface area contributed by atoms with Gasteiger partial charge < -0.3 is 46.2 Å². The topological polar surface area (TPSA) is 358 Å². The lowest BCUT2D eigenvalue weighted by atomic mass is 9.91. The van der Waals surface area contributed by atoms with E-state index in [2.05, 4.69) is 211 Å². The van der Waals surface area contributed by atoms with Gasteiger partial charge in [-0.25, -0.2) is 33.7 Å². The molecule has 13 rings (SSSR count). The van der Waals surface area contributed by atoms with Gasteiger partial charge in [-0.2, -0.15) is 47.9 Å². The van der Waals surface area contributed by atoms with E-state index in [1.54, 1.807) is 39.5 Å². The second-order valence-corrected chi connectivity index (χ2v) is 48.1. The molecule has 1 N–H and O–H groups in total. The second-order valence-electron chi connectivity index (χ2n) is 33.9. The molecule has 1 fully saturated rings. The zero-order valence-corrected chi connectivity index (χ0v) is 85.3. The fourth-order valence-electron chi connectivity index (χ4n) is 13.0. The number of rotatable bonds is 36. The Morgan fingerprint density at radius 2 is 0.887 bits per heavy atom. The van der Waals surface area contributed by atoms with E-state index in [1.165, 1.54) is 114 Å². The standard InChI is InChI=1S/C20H19OS.C18H19F9NO9S3.C18H23OS.C18H15S.C15H22O6S.C12H16O5S/c21-14-13-15-9-11-16(12-10-15)22-19-7-3-1-5-17(19)18-6-2-4-8-20(18)22;1-4-14(2,3)13(29)36-10-9-11-5-7-12(8-6-11)37-40(34,35)17(23,24)15(19,20)16(21,22)38(30,31)28-39(32,33)18(25,26)27;1-2-3-12-19-17-10-11-18(20-13-6-7-14-20)16-9-5-4-8-15(16)17;1-4-10-16(11-5-1)19(17-12-6-2-7-13-17)18-14-8-3-9-15-18;1-4-15(2,3)14(16)21-11-5-10-20-12-6-8-13(9-7-12)22(17,18)19;1-4-12(2,3)11(13)17-9-5-7-10(8-6-9)18(14,15)16/h1-12,17,19,21H,13-14H2;5-8H,4,9-10H2,1-3H3;4-5,8-11H,2-3,6-7,12-14H2,1H3;1-15H;6-9H,4-5,10-11H2,1-3H3,(H,17,18,19);5-8H,4H2,1-3H3,(H,14,15,16)/q+1;-1;2*+1;;/p-2. The molecule has 0 spiro atoms. The summed E-state index contributed by atoms with van der Waals surface area (Å²) in [7, 11) is -31.1. The lowest BCUT2D eigenvalue weighted by Gasteiger charge is -2.35. The number of fused-ring (bicyclic) bond motifs is 4. The molecule has 3 aliphatic rings. The average molecular weight is 2120 g/mol. The van der Waals surface area contributed by atoms with Crippen molar-refractivity contribution in [2.75, 3.05) is 44.5 Å². The summed E-state index contributed by atoms with van der Waals surface area (Å²) in [6.07, 6.45) is 17.2. The molecule has 10 aromatic carbocycles. The number of aliphatic hydroxyl groups is 1. The largest absolute Gasteiger partial charge is 0.744 e. The summed E-state index contributed by atoms with van der Waals surface area (Å²) >= 11 is 0. The maximum Gasteiger partial charge on any atom is 0.480 e. The lowest BCUT2D eigenvalue weighted by Crippen LogP contribution is -2.61. The number of hydrogen-bond donors (Lipinski definition) is 1. The van der Waals surface area contributed by atoms with Crippen LogP contribution in [0.1, 0.15) is 143 Å². The van der Waals surface area contributed by atoms with Crippen molar-refractivity contribution in [2.24, 2.45) is 16.2 Å². The monoisotopic (exact) mass is 2120 g/mol. The highest BCUT2D eigenvalue weighted by molar-refractivity contribution is 8.13. The van der Waals surface area contributed by atoms with Gasteiger partial charge in [0.05, 0.1) is 80.2 Å². The number of nitrogens with zero attached hydrogens (tertiary/aromatic N) is 1. The molecule has 0 aromatic heterocycles. The van der Waals surface area contributed by atoms with Crippen LogP contribution in [0.25, 0.3) is 14.9 Å². The molecule has 3 unspecified atom stereocenters. The first-order valence-corrected chi connectivity index (χ1v) is 55.7.